The van der Waals surface area contributed by atoms with Crippen LogP contribution in [0.5, 0.6) is 0 Å². The van der Waals surface area contributed by atoms with Crippen molar-refractivity contribution in [3.05, 3.63) is 22.7 Å². The van der Waals surface area contributed by atoms with Gasteiger partial charge in [0.1, 0.15) is 5.82 Å². The van der Waals surface area contributed by atoms with Gasteiger partial charge in [0.25, 0.3) is 0 Å². The fourth-order valence-electron chi connectivity index (χ4n) is 2.47. The van der Waals surface area contributed by atoms with Gasteiger partial charge in [0, 0.05) is 25.4 Å². The molecular formula is C14H22N4OS. The van der Waals surface area contributed by atoms with Gasteiger partial charge in [0.15, 0.2) is 4.77 Å². The van der Waals surface area contributed by atoms with Crippen LogP contribution in [0.2, 0.25) is 0 Å². The SMILES string of the molecule is CC(C)c1n[nH]c(=S)n1CCNC(=O)C[C@@H]1C=CCC1. The smallest absolute Gasteiger partial charge is 0.220 e. The Bertz CT molecular complexity index is 544. The number of nitrogens with zero attached hydrogens (tertiary/aromatic N) is 2. The highest BCUT2D eigenvalue weighted by molar-refractivity contribution is 7.71. The van der Waals surface area contributed by atoms with Crippen molar-refractivity contribution in [2.24, 2.45) is 5.92 Å². The molecule has 1 heterocycles. The van der Waals surface area contributed by atoms with Crippen molar-refractivity contribution in [2.45, 2.75) is 45.6 Å². The number of hydrogen-bond donors (Lipinski definition) is 2. The van der Waals surface area contributed by atoms with Gasteiger partial charge >= 0.3 is 0 Å². The average molecular weight is 294 g/mol. The van der Waals surface area contributed by atoms with Gasteiger partial charge in [0.2, 0.25) is 5.91 Å². The minimum Gasteiger partial charge on any atom is -0.354 e. The topological polar surface area (TPSA) is 62.7 Å². The van der Waals surface area contributed by atoms with E-state index in [1.807, 2.05) is 4.57 Å². The van der Waals surface area contributed by atoms with Crippen molar-refractivity contribution in [2.75, 3.05) is 6.54 Å². The Labute approximate surface area is 124 Å². The number of rotatable bonds is 6. The fraction of sp³-hybridized carbons (Fsp3) is 0.643. The zero-order chi connectivity index (χ0) is 14.5. The highest BCUT2D eigenvalue weighted by atomic mass is 32.1. The summed E-state index contributed by atoms with van der Waals surface area (Å²) in [6.45, 7) is 5.40. The van der Waals surface area contributed by atoms with Crippen LogP contribution in [-0.2, 0) is 11.3 Å². The molecule has 2 rings (SSSR count). The molecule has 0 saturated heterocycles. The summed E-state index contributed by atoms with van der Waals surface area (Å²) in [6, 6.07) is 0. The Balaban J connectivity index is 1.80. The molecule has 1 aromatic heterocycles. The molecule has 110 valence electrons. The van der Waals surface area contributed by atoms with Gasteiger partial charge in [0.05, 0.1) is 0 Å². The number of nitrogens with one attached hydrogen (secondary N) is 2. The summed E-state index contributed by atoms with van der Waals surface area (Å²) in [5, 5.41) is 9.99. The quantitative estimate of drug-likeness (QED) is 0.626. The number of hydrogen-bond acceptors (Lipinski definition) is 3. The van der Waals surface area contributed by atoms with E-state index in [1.165, 1.54) is 0 Å². The second kappa shape index (κ2) is 6.83. The van der Waals surface area contributed by atoms with Crippen LogP contribution in [0.3, 0.4) is 0 Å². The van der Waals surface area contributed by atoms with Gasteiger partial charge < -0.3 is 9.88 Å². The van der Waals surface area contributed by atoms with E-state index < -0.39 is 0 Å². The minimum absolute atomic E-state index is 0.114. The van der Waals surface area contributed by atoms with E-state index >= 15 is 0 Å². The zero-order valence-electron chi connectivity index (χ0n) is 12.1. The van der Waals surface area contributed by atoms with Crippen LogP contribution in [0, 0.1) is 10.7 Å². The normalized spacial score (nSPS) is 17.9. The van der Waals surface area contributed by atoms with E-state index in [9.17, 15) is 4.79 Å². The fourth-order valence-corrected chi connectivity index (χ4v) is 2.70. The Morgan fingerprint density at radius 3 is 3.10 bits per heavy atom. The van der Waals surface area contributed by atoms with Gasteiger partial charge in [-0.1, -0.05) is 26.0 Å². The first-order valence-corrected chi connectivity index (χ1v) is 7.57. The first-order chi connectivity index (χ1) is 9.58. The standard InChI is InChI=1S/C14H22N4OS/c1-10(2)13-16-17-14(20)18(13)8-7-15-12(19)9-11-5-3-4-6-11/h3,5,10-11H,4,6-9H2,1-2H3,(H,15,19)(H,17,20)/t11-/m1/s1. The molecule has 0 spiro atoms. The molecule has 0 saturated carbocycles. The zero-order valence-corrected chi connectivity index (χ0v) is 12.9. The average Bonchev–Trinajstić information content (AvgIpc) is 3.00. The lowest BCUT2D eigenvalue weighted by atomic mass is 10.1. The Morgan fingerprint density at radius 2 is 2.45 bits per heavy atom. The molecule has 6 heteroatoms. The van der Waals surface area contributed by atoms with Crippen LogP contribution in [0.25, 0.3) is 0 Å². The largest absolute Gasteiger partial charge is 0.354 e. The second-order valence-electron chi connectivity index (χ2n) is 5.51. The molecule has 0 unspecified atom stereocenters. The maximum atomic E-state index is 11.8. The predicted molar refractivity (Wildman–Crippen MR) is 81.0 cm³/mol. The summed E-state index contributed by atoms with van der Waals surface area (Å²) in [4.78, 5) is 11.8. The minimum atomic E-state index is 0.114. The van der Waals surface area contributed by atoms with Crippen LogP contribution >= 0.6 is 12.2 Å². The van der Waals surface area contributed by atoms with Gasteiger partial charge in [-0.3, -0.25) is 9.89 Å². The lowest BCUT2D eigenvalue weighted by Gasteiger charge is -2.11. The van der Waals surface area contributed by atoms with E-state index in [0.717, 1.165) is 18.7 Å². The molecule has 0 aromatic carbocycles. The van der Waals surface area contributed by atoms with Crippen molar-refractivity contribution < 1.29 is 4.79 Å². The molecule has 0 radical (unpaired) electrons. The molecule has 2 N–H and O–H groups in total. The third-order valence-corrected chi connectivity index (χ3v) is 3.83. The van der Waals surface area contributed by atoms with Crippen molar-refractivity contribution in [3.63, 3.8) is 0 Å². The second-order valence-corrected chi connectivity index (χ2v) is 5.90. The summed E-state index contributed by atoms with van der Waals surface area (Å²) in [6.07, 6.45) is 7.07. The molecule has 1 aromatic rings. The van der Waals surface area contributed by atoms with E-state index in [1.54, 1.807) is 0 Å². The number of carbonyl (C=O) groups excluding carboxylic acids is 1. The van der Waals surface area contributed by atoms with Gasteiger partial charge in [-0.25, -0.2) is 0 Å². The molecule has 0 fully saturated rings. The highest BCUT2D eigenvalue weighted by Crippen LogP contribution is 2.19. The highest BCUT2D eigenvalue weighted by Gasteiger charge is 2.14. The monoisotopic (exact) mass is 294 g/mol. The van der Waals surface area contributed by atoms with E-state index in [0.29, 0.717) is 36.1 Å². The Hall–Kier alpha value is -1.43. The number of carbonyl (C=O) groups is 1. The maximum absolute atomic E-state index is 11.8. The van der Waals surface area contributed by atoms with Crippen LogP contribution < -0.4 is 5.32 Å². The van der Waals surface area contributed by atoms with Crippen molar-refractivity contribution in [1.82, 2.24) is 20.1 Å². The predicted octanol–water partition coefficient (Wildman–Crippen LogP) is 2.54. The van der Waals surface area contributed by atoms with Crippen LogP contribution in [-0.4, -0.2) is 27.2 Å². The molecule has 1 atom stereocenters. The van der Waals surface area contributed by atoms with Gasteiger partial charge in [-0.15, -0.1) is 0 Å². The number of aromatic nitrogens is 3. The molecule has 5 nitrogen and oxygen atoms in total. The van der Waals surface area contributed by atoms with E-state index in [2.05, 4.69) is 41.5 Å². The molecule has 0 aliphatic heterocycles. The Kier molecular flexibility index (Phi) is 5.11. The summed E-state index contributed by atoms with van der Waals surface area (Å²) in [7, 11) is 0. The summed E-state index contributed by atoms with van der Waals surface area (Å²) < 4.78 is 2.57. The number of amides is 1. The summed E-state index contributed by atoms with van der Waals surface area (Å²) >= 11 is 5.21. The van der Waals surface area contributed by atoms with Crippen molar-refractivity contribution in [1.29, 1.82) is 0 Å². The number of H-pyrrole nitrogens is 1. The first kappa shape index (κ1) is 15.0. The molecule has 1 amide bonds. The van der Waals surface area contributed by atoms with Gasteiger partial charge in [-0.05, 0) is 31.0 Å². The lowest BCUT2D eigenvalue weighted by molar-refractivity contribution is -0.121. The van der Waals surface area contributed by atoms with E-state index in [4.69, 9.17) is 12.2 Å². The van der Waals surface area contributed by atoms with Crippen molar-refractivity contribution in [3.8, 4) is 0 Å². The van der Waals surface area contributed by atoms with Gasteiger partial charge in [-0.2, -0.15) is 5.10 Å². The molecule has 0 bridgehead atoms. The van der Waals surface area contributed by atoms with Crippen LogP contribution in [0.15, 0.2) is 12.2 Å². The molecule has 20 heavy (non-hydrogen) atoms. The lowest BCUT2D eigenvalue weighted by Crippen LogP contribution is -2.28. The van der Waals surface area contributed by atoms with E-state index in [-0.39, 0.29) is 5.91 Å². The summed E-state index contributed by atoms with van der Waals surface area (Å²) in [5.74, 6) is 1.77. The van der Waals surface area contributed by atoms with Crippen LogP contribution in [0.4, 0.5) is 0 Å². The van der Waals surface area contributed by atoms with Crippen LogP contribution in [0.1, 0.15) is 44.9 Å². The number of allylic oxidation sites excluding steroid dienone is 2. The molecule has 1 aliphatic carbocycles. The Morgan fingerprint density at radius 1 is 1.65 bits per heavy atom. The first-order valence-electron chi connectivity index (χ1n) is 7.16. The number of aromatic amines is 1. The van der Waals surface area contributed by atoms with Crippen molar-refractivity contribution >= 4 is 18.1 Å². The molecular weight excluding hydrogens is 272 g/mol. The third kappa shape index (κ3) is 3.79. The third-order valence-electron chi connectivity index (χ3n) is 3.52. The molecule has 1 aliphatic rings. The maximum Gasteiger partial charge on any atom is 0.220 e. The summed E-state index contributed by atoms with van der Waals surface area (Å²) in [5.41, 5.74) is 0.